The number of aromatic nitrogens is 3. The molecule has 0 atom stereocenters. The van der Waals surface area contributed by atoms with Crippen molar-refractivity contribution in [3.8, 4) is 0 Å². The van der Waals surface area contributed by atoms with E-state index in [4.69, 9.17) is 8.83 Å². The fraction of sp³-hybridized carbons (Fsp3) is 0. The maximum atomic E-state index is 6.30. The highest BCUT2D eigenvalue weighted by atomic mass is 16.3. The first-order valence-corrected chi connectivity index (χ1v) is 10.2. The number of furan rings is 2. The highest BCUT2D eigenvalue weighted by molar-refractivity contribution is 6.28. The van der Waals surface area contributed by atoms with Gasteiger partial charge in [0.1, 0.15) is 28.0 Å². The molecule has 0 bridgehead atoms. The van der Waals surface area contributed by atoms with Crippen molar-refractivity contribution in [2.75, 3.05) is 0 Å². The molecule has 0 radical (unpaired) electrons. The van der Waals surface area contributed by atoms with Gasteiger partial charge in [-0.15, -0.1) is 0 Å². The molecule has 0 aliphatic carbocycles. The number of pyridine rings is 2. The van der Waals surface area contributed by atoms with Crippen LogP contribution in [0.15, 0.2) is 88.2 Å². The number of nitrogens with zero attached hydrogens (tertiary/aromatic N) is 3. The SMILES string of the molecule is c1ccc2c(c1)oc1cc3oc4ccc5c(c6cnccc6c6nccn56)c4c3cc12. The Morgan fingerprint density at radius 2 is 1.55 bits per heavy atom. The maximum Gasteiger partial charge on any atom is 0.145 e. The summed E-state index contributed by atoms with van der Waals surface area (Å²) in [5.41, 5.74) is 5.40. The molecule has 5 heteroatoms. The van der Waals surface area contributed by atoms with Crippen molar-refractivity contribution in [3.63, 3.8) is 0 Å². The number of hydrogen-bond donors (Lipinski definition) is 0. The molecule has 3 aromatic carbocycles. The molecule has 5 nitrogen and oxygen atoms in total. The van der Waals surface area contributed by atoms with Crippen LogP contribution in [0.5, 0.6) is 0 Å². The Morgan fingerprint density at radius 1 is 0.645 bits per heavy atom. The number of hydrogen-bond acceptors (Lipinski definition) is 4. The molecule has 5 heterocycles. The van der Waals surface area contributed by atoms with E-state index in [-0.39, 0.29) is 0 Å². The highest BCUT2D eigenvalue weighted by Gasteiger charge is 2.18. The lowest BCUT2D eigenvalue weighted by atomic mass is 10.0. The molecule has 31 heavy (non-hydrogen) atoms. The van der Waals surface area contributed by atoms with Crippen LogP contribution in [0, 0.1) is 0 Å². The van der Waals surface area contributed by atoms with Crippen molar-refractivity contribution in [2.24, 2.45) is 0 Å². The van der Waals surface area contributed by atoms with E-state index in [1.165, 1.54) is 0 Å². The Morgan fingerprint density at radius 3 is 2.55 bits per heavy atom. The summed E-state index contributed by atoms with van der Waals surface area (Å²) in [5, 5.41) is 7.63. The van der Waals surface area contributed by atoms with E-state index in [2.05, 4.69) is 32.6 Å². The minimum absolute atomic E-state index is 0.817. The first-order valence-electron chi connectivity index (χ1n) is 10.2. The monoisotopic (exact) mass is 399 g/mol. The van der Waals surface area contributed by atoms with E-state index >= 15 is 0 Å². The molecule has 0 aliphatic heterocycles. The van der Waals surface area contributed by atoms with Crippen LogP contribution < -0.4 is 0 Å². The lowest BCUT2D eigenvalue weighted by Gasteiger charge is -2.08. The summed E-state index contributed by atoms with van der Waals surface area (Å²) in [5.74, 6) is 0. The summed E-state index contributed by atoms with van der Waals surface area (Å²) in [6, 6.07) is 18.5. The minimum Gasteiger partial charge on any atom is -0.456 e. The molecule has 0 spiro atoms. The van der Waals surface area contributed by atoms with Gasteiger partial charge in [0.25, 0.3) is 0 Å². The van der Waals surface area contributed by atoms with Gasteiger partial charge in [0.2, 0.25) is 0 Å². The quantitative estimate of drug-likeness (QED) is 0.262. The summed E-state index contributed by atoms with van der Waals surface area (Å²) in [6.45, 7) is 0. The van der Waals surface area contributed by atoms with Crippen molar-refractivity contribution >= 4 is 71.2 Å². The zero-order valence-electron chi connectivity index (χ0n) is 16.2. The van der Waals surface area contributed by atoms with Crippen LogP contribution in [0.1, 0.15) is 0 Å². The second-order valence-corrected chi connectivity index (χ2v) is 7.92. The third kappa shape index (κ3) is 1.82. The second-order valence-electron chi connectivity index (χ2n) is 7.92. The summed E-state index contributed by atoms with van der Waals surface area (Å²) in [6.07, 6.45) is 7.59. The summed E-state index contributed by atoms with van der Waals surface area (Å²) < 4.78 is 14.5. The fourth-order valence-corrected chi connectivity index (χ4v) is 5.04. The van der Waals surface area contributed by atoms with Crippen LogP contribution in [-0.4, -0.2) is 14.4 Å². The average molecular weight is 399 g/mol. The molecule has 0 saturated heterocycles. The molecule has 0 aliphatic rings. The number of rotatable bonds is 0. The summed E-state index contributed by atoms with van der Waals surface area (Å²) in [4.78, 5) is 9.02. The van der Waals surface area contributed by atoms with Gasteiger partial charge >= 0.3 is 0 Å². The Bertz CT molecular complexity index is 2010. The van der Waals surface area contributed by atoms with Crippen LogP contribution in [0.3, 0.4) is 0 Å². The van der Waals surface area contributed by atoms with E-state index < -0.39 is 0 Å². The fourth-order valence-electron chi connectivity index (χ4n) is 5.04. The van der Waals surface area contributed by atoms with E-state index in [1.807, 2.05) is 61.2 Å². The topological polar surface area (TPSA) is 56.5 Å². The molecule has 0 amide bonds. The van der Waals surface area contributed by atoms with Crippen LogP contribution in [-0.2, 0) is 0 Å². The normalized spacial score (nSPS) is 12.5. The van der Waals surface area contributed by atoms with E-state index in [0.29, 0.717) is 0 Å². The van der Waals surface area contributed by atoms with Crippen molar-refractivity contribution in [3.05, 3.63) is 79.4 Å². The van der Waals surface area contributed by atoms with Crippen molar-refractivity contribution in [2.45, 2.75) is 0 Å². The molecule has 0 unspecified atom stereocenters. The largest absolute Gasteiger partial charge is 0.456 e. The molecule has 144 valence electrons. The van der Waals surface area contributed by atoms with Gasteiger partial charge in [0, 0.05) is 68.6 Å². The molecule has 0 saturated carbocycles. The van der Waals surface area contributed by atoms with Crippen LogP contribution in [0.2, 0.25) is 0 Å². The average Bonchev–Trinajstić information content (AvgIpc) is 3.52. The lowest BCUT2D eigenvalue weighted by molar-refractivity contribution is 0.656. The van der Waals surface area contributed by atoms with Gasteiger partial charge in [-0.25, -0.2) is 4.98 Å². The van der Waals surface area contributed by atoms with Gasteiger partial charge in [-0.05, 0) is 30.3 Å². The minimum atomic E-state index is 0.817. The highest BCUT2D eigenvalue weighted by Crippen LogP contribution is 2.41. The van der Waals surface area contributed by atoms with Crippen molar-refractivity contribution in [1.82, 2.24) is 14.4 Å². The molecule has 0 N–H and O–H groups in total. The molecular weight excluding hydrogens is 386 g/mol. The Hall–Kier alpha value is -4.38. The molecule has 0 fully saturated rings. The first kappa shape index (κ1) is 15.5. The lowest BCUT2D eigenvalue weighted by Crippen LogP contribution is -1.91. The van der Waals surface area contributed by atoms with Gasteiger partial charge in [-0.3, -0.25) is 9.38 Å². The zero-order valence-corrected chi connectivity index (χ0v) is 16.2. The molecular formula is C26H13N3O2. The van der Waals surface area contributed by atoms with E-state index in [0.717, 1.165) is 71.2 Å². The van der Waals surface area contributed by atoms with Gasteiger partial charge in [-0.2, -0.15) is 0 Å². The van der Waals surface area contributed by atoms with E-state index in [1.54, 1.807) is 0 Å². The third-order valence-corrected chi connectivity index (χ3v) is 6.34. The summed E-state index contributed by atoms with van der Waals surface area (Å²) in [7, 11) is 0. The Labute approximate surface area is 174 Å². The van der Waals surface area contributed by atoms with E-state index in [9.17, 15) is 0 Å². The first-order chi connectivity index (χ1) is 15.4. The van der Waals surface area contributed by atoms with Crippen molar-refractivity contribution < 1.29 is 8.83 Å². The Balaban J connectivity index is 1.68. The zero-order chi connectivity index (χ0) is 20.1. The van der Waals surface area contributed by atoms with Gasteiger partial charge in [-0.1, -0.05) is 18.2 Å². The second kappa shape index (κ2) is 5.21. The predicted octanol–water partition coefficient (Wildman–Crippen LogP) is 6.83. The molecule has 8 aromatic rings. The van der Waals surface area contributed by atoms with Gasteiger partial charge < -0.3 is 8.83 Å². The summed E-state index contributed by atoms with van der Waals surface area (Å²) >= 11 is 0. The smallest absolute Gasteiger partial charge is 0.145 e. The number of fused-ring (bicyclic) bond motifs is 13. The van der Waals surface area contributed by atoms with Crippen LogP contribution in [0.25, 0.3) is 71.2 Å². The predicted molar refractivity (Wildman–Crippen MR) is 123 cm³/mol. The third-order valence-electron chi connectivity index (χ3n) is 6.34. The van der Waals surface area contributed by atoms with Gasteiger partial charge in [0.05, 0.1) is 5.52 Å². The molecule has 8 rings (SSSR count). The number of para-hydroxylation sites is 1. The van der Waals surface area contributed by atoms with Gasteiger partial charge in [0.15, 0.2) is 0 Å². The number of benzene rings is 3. The molecule has 5 aromatic heterocycles. The van der Waals surface area contributed by atoms with Crippen LogP contribution >= 0.6 is 0 Å². The number of imidazole rings is 1. The maximum absolute atomic E-state index is 6.30. The van der Waals surface area contributed by atoms with Crippen LogP contribution in [0.4, 0.5) is 0 Å². The van der Waals surface area contributed by atoms with Crippen molar-refractivity contribution in [1.29, 1.82) is 0 Å². The standard InChI is InChI=1S/C26H13N3O2/c1-2-4-20-14(3-1)16-11-17-23(12-22(16)30-20)31-21-6-5-19-24(25(17)21)18-13-27-8-7-15(18)26-28-9-10-29(19)26/h1-13H. The Kier molecular flexibility index (Phi) is 2.60.